The van der Waals surface area contributed by atoms with Crippen LogP contribution in [0.5, 0.6) is 5.75 Å². The van der Waals surface area contributed by atoms with E-state index in [-0.39, 0.29) is 0 Å². The van der Waals surface area contributed by atoms with Gasteiger partial charge in [-0.05, 0) is 29.8 Å². The Kier molecular flexibility index (Phi) is 6.60. The maximum atomic E-state index is 5.86. The van der Waals surface area contributed by atoms with Crippen LogP contribution >= 0.6 is 47.0 Å². The van der Waals surface area contributed by atoms with Gasteiger partial charge in [0.05, 0.1) is 25.5 Å². The number of hydrazone groups is 1. The summed E-state index contributed by atoms with van der Waals surface area (Å²) in [6.07, 6.45) is 1.65. The second-order valence-electron chi connectivity index (χ2n) is 3.29. The molecule has 0 aliphatic rings. The van der Waals surface area contributed by atoms with E-state index in [1.54, 1.807) is 13.3 Å². The molecule has 0 aliphatic heterocycles. The van der Waals surface area contributed by atoms with Crippen LogP contribution in [0.1, 0.15) is 5.56 Å². The van der Waals surface area contributed by atoms with Crippen LogP contribution in [-0.4, -0.2) is 24.7 Å². The molecular formula is C9H12Cl2N2OP2S2+2. The van der Waals surface area contributed by atoms with E-state index in [4.69, 9.17) is 38.8 Å². The van der Waals surface area contributed by atoms with Crippen molar-refractivity contribution in [2.24, 2.45) is 5.10 Å². The molecule has 1 unspecified atom stereocenters. The number of halogens is 2. The van der Waals surface area contributed by atoms with Crippen molar-refractivity contribution in [3.63, 3.8) is 0 Å². The Balaban J connectivity index is 2.69. The van der Waals surface area contributed by atoms with Crippen molar-refractivity contribution < 1.29 is 4.52 Å². The molecule has 1 aromatic rings. The van der Waals surface area contributed by atoms with E-state index in [2.05, 4.69) is 17.4 Å². The Bertz CT molecular complexity index is 451. The summed E-state index contributed by atoms with van der Waals surface area (Å²) in [5.74, 6) is 0.759. The molecule has 0 spiro atoms. The average molecular weight is 361 g/mol. The third-order valence-corrected chi connectivity index (χ3v) is 5.42. The Hall–Kier alpha value is 0.370. The fraction of sp³-hybridized carbons (Fsp3) is 0.222. The lowest BCUT2D eigenvalue weighted by atomic mass is 10.2. The van der Waals surface area contributed by atoms with Crippen molar-refractivity contribution in [3.8, 4) is 5.75 Å². The first kappa shape index (κ1) is 16.4. The van der Waals surface area contributed by atoms with Crippen LogP contribution in [-0.2, 0) is 11.8 Å². The number of nitrogens with zero attached hydrogens (tertiary/aromatic N) is 2. The fourth-order valence-corrected chi connectivity index (χ4v) is 2.20. The normalized spacial score (nSPS) is 12.6. The first-order valence-electron chi connectivity index (χ1n) is 4.77. The third-order valence-electron chi connectivity index (χ3n) is 1.84. The number of rotatable bonds is 5. The molecule has 18 heavy (non-hydrogen) atoms. The molecule has 0 amide bonds. The maximum Gasteiger partial charge on any atom is 0.384 e. The van der Waals surface area contributed by atoms with Crippen LogP contribution in [0.3, 0.4) is 0 Å². The second-order valence-corrected chi connectivity index (χ2v) is 14.0. The first-order chi connectivity index (χ1) is 8.29. The standard InChI is InChI=1S/C9H12Cl2N2OP2S2/c1-13(16(10,11)18)12-7-8-3-5-9(6-4-8)14-15(2)17/h3-7,18H,1-2H3/q+2. The van der Waals surface area contributed by atoms with E-state index in [1.165, 1.54) is 4.78 Å². The van der Waals surface area contributed by atoms with Gasteiger partial charge in [0.2, 0.25) is 11.8 Å². The third kappa shape index (κ3) is 6.01. The predicted molar refractivity (Wildman–Crippen MR) is 90.2 cm³/mol. The Morgan fingerprint density at radius 1 is 1.44 bits per heavy atom. The van der Waals surface area contributed by atoms with Gasteiger partial charge in [-0.2, -0.15) is 0 Å². The van der Waals surface area contributed by atoms with E-state index >= 15 is 0 Å². The smallest absolute Gasteiger partial charge is 0.278 e. The van der Waals surface area contributed by atoms with Crippen LogP contribution in [0.15, 0.2) is 29.4 Å². The molecule has 0 aromatic heterocycles. The molecule has 98 valence electrons. The van der Waals surface area contributed by atoms with Crippen molar-refractivity contribution in [1.82, 2.24) is 4.78 Å². The molecule has 0 fully saturated rings. The van der Waals surface area contributed by atoms with Crippen molar-refractivity contribution in [1.29, 1.82) is 0 Å². The van der Waals surface area contributed by atoms with E-state index in [0.29, 0.717) is 0 Å². The van der Waals surface area contributed by atoms with Crippen molar-refractivity contribution >= 4 is 65.0 Å². The first-order valence-corrected chi connectivity index (χ1v) is 12.2. The molecule has 1 atom stereocenters. The summed E-state index contributed by atoms with van der Waals surface area (Å²) >= 11 is 20.8. The molecule has 3 nitrogen and oxygen atoms in total. The second kappa shape index (κ2) is 7.23. The molecule has 0 radical (unpaired) electrons. The molecule has 9 heteroatoms. The molecule has 0 aliphatic carbocycles. The zero-order chi connectivity index (χ0) is 13.8. The van der Waals surface area contributed by atoms with Gasteiger partial charge in [-0.15, -0.1) is 9.88 Å². The Morgan fingerprint density at radius 2 is 2.00 bits per heavy atom. The number of hydrogen-bond acceptors (Lipinski definition) is 5. The van der Waals surface area contributed by atoms with Crippen LogP contribution in [0.2, 0.25) is 0 Å². The molecule has 0 saturated carbocycles. The Morgan fingerprint density at radius 3 is 2.44 bits per heavy atom. The monoisotopic (exact) mass is 360 g/mol. The van der Waals surface area contributed by atoms with Gasteiger partial charge in [-0.25, -0.2) is 0 Å². The highest BCUT2D eigenvalue weighted by Crippen LogP contribution is 2.75. The van der Waals surface area contributed by atoms with Crippen molar-refractivity contribution in [3.05, 3.63) is 29.8 Å². The highest BCUT2D eigenvalue weighted by Gasteiger charge is 2.35. The summed E-state index contributed by atoms with van der Waals surface area (Å²) in [4.78, 5) is 0. The summed E-state index contributed by atoms with van der Waals surface area (Å²) in [5.41, 5.74) is 0.911. The summed E-state index contributed by atoms with van der Waals surface area (Å²) in [5, 5.41) is 1.68. The SMILES string of the molecule is CN(N=Cc1ccc(O[P+](C)=S)cc1)[P+](S)(Cl)Cl. The van der Waals surface area contributed by atoms with Gasteiger partial charge in [-0.1, -0.05) is 0 Å². The minimum absolute atomic E-state index is 0.759. The van der Waals surface area contributed by atoms with Gasteiger partial charge in [0.15, 0.2) is 28.2 Å². The summed E-state index contributed by atoms with van der Waals surface area (Å²) in [7, 11) is 1.68. The lowest BCUT2D eigenvalue weighted by Gasteiger charge is -2.10. The molecule has 0 heterocycles. The van der Waals surface area contributed by atoms with Crippen LogP contribution < -0.4 is 4.52 Å². The lowest BCUT2D eigenvalue weighted by molar-refractivity contribution is 0.610. The summed E-state index contributed by atoms with van der Waals surface area (Å²) < 4.78 is 6.87. The van der Waals surface area contributed by atoms with Gasteiger partial charge in [0, 0.05) is 0 Å². The summed E-state index contributed by atoms with van der Waals surface area (Å²) in [6, 6.07) is 7.44. The predicted octanol–water partition coefficient (Wildman–Crippen LogP) is 4.90. The fourth-order valence-electron chi connectivity index (χ4n) is 0.976. The molecule has 1 aromatic carbocycles. The van der Waals surface area contributed by atoms with Crippen LogP contribution in [0.25, 0.3) is 0 Å². The molecule has 1 rings (SSSR count). The molecular weight excluding hydrogens is 349 g/mol. The average Bonchev–Trinajstić information content (AvgIpc) is 2.25. The van der Waals surface area contributed by atoms with Gasteiger partial charge in [0.1, 0.15) is 6.66 Å². The minimum Gasteiger partial charge on any atom is -0.278 e. The maximum absolute atomic E-state index is 5.86. The number of hydrogen-bond donors (Lipinski definition) is 1. The highest BCUT2D eigenvalue weighted by atomic mass is 35.9. The van der Waals surface area contributed by atoms with Crippen LogP contribution in [0, 0.1) is 0 Å². The quantitative estimate of drug-likeness (QED) is 0.349. The minimum atomic E-state index is -2.43. The van der Waals surface area contributed by atoms with E-state index in [9.17, 15) is 0 Å². The van der Waals surface area contributed by atoms with Gasteiger partial charge < -0.3 is 0 Å². The molecule has 0 N–H and O–H groups in total. The van der Waals surface area contributed by atoms with E-state index in [1.807, 2.05) is 30.9 Å². The zero-order valence-electron chi connectivity index (χ0n) is 9.70. The van der Waals surface area contributed by atoms with Crippen molar-refractivity contribution in [2.75, 3.05) is 13.7 Å². The van der Waals surface area contributed by atoms with Crippen LogP contribution in [0.4, 0.5) is 0 Å². The van der Waals surface area contributed by atoms with E-state index in [0.717, 1.165) is 11.3 Å². The number of benzene rings is 1. The number of thiol groups is 1. The topological polar surface area (TPSA) is 24.8 Å². The van der Waals surface area contributed by atoms with E-state index < -0.39 is 12.2 Å². The molecule has 0 saturated heterocycles. The largest absolute Gasteiger partial charge is 0.384 e. The highest BCUT2D eigenvalue weighted by molar-refractivity contribution is 8.69. The Labute approximate surface area is 128 Å². The zero-order valence-corrected chi connectivity index (χ0v) is 14.7. The van der Waals surface area contributed by atoms with Gasteiger partial charge >= 0.3 is 12.2 Å². The molecule has 0 bridgehead atoms. The van der Waals surface area contributed by atoms with Gasteiger partial charge in [0.25, 0.3) is 0 Å². The lowest BCUT2D eigenvalue weighted by Crippen LogP contribution is -2.02. The van der Waals surface area contributed by atoms with Gasteiger partial charge in [-0.3, -0.25) is 4.52 Å². The summed E-state index contributed by atoms with van der Waals surface area (Å²) in [6.45, 7) is 1.05. The van der Waals surface area contributed by atoms with Crippen molar-refractivity contribution in [2.45, 2.75) is 0 Å².